The van der Waals surface area contributed by atoms with E-state index in [1.807, 2.05) is 29.1 Å². The molecular formula is C25H31N5O2. The Hall–Kier alpha value is -3.32. The molecule has 0 aliphatic carbocycles. The average Bonchev–Trinajstić information content (AvgIpc) is 3.53. The van der Waals surface area contributed by atoms with Gasteiger partial charge in [-0.15, -0.1) is 0 Å². The van der Waals surface area contributed by atoms with Crippen LogP contribution in [0.3, 0.4) is 0 Å². The van der Waals surface area contributed by atoms with E-state index >= 15 is 0 Å². The smallest absolute Gasteiger partial charge is 0.191 e. The SMILES string of the molecule is CN=C(NCc1cccc(-n2cccn2)c1)NCc1ccc(C)cc1OCC1CCCO1. The second-order valence-electron chi connectivity index (χ2n) is 7.96. The van der Waals surface area contributed by atoms with Crippen molar-refractivity contribution in [1.29, 1.82) is 0 Å². The molecule has 4 rings (SSSR count). The molecule has 1 unspecified atom stereocenters. The number of guanidine groups is 1. The van der Waals surface area contributed by atoms with Crippen LogP contribution < -0.4 is 15.4 Å². The third kappa shape index (κ3) is 5.88. The van der Waals surface area contributed by atoms with E-state index in [2.05, 4.69) is 58.0 Å². The van der Waals surface area contributed by atoms with Crippen molar-refractivity contribution in [3.05, 3.63) is 77.6 Å². The lowest BCUT2D eigenvalue weighted by Gasteiger charge is -2.17. The minimum absolute atomic E-state index is 0.197. The molecule has 1 saturated heterocycles. The molecule has 2 aromatic carbocycles. The minimum atomic E-state index is 0.197. The third-order valence-electron chi connectivity index (χ3n) is 5.48. The molecule has 32 heavy (non-hydrogen) atoms. The molecule has 0 radical (unpaired) electrons. The van der Waals surface area contributed by atoms with Gasteiger partial charge in [0.1, 0.15) is 12.4 Å². The van der Waals surface area contributed by atoms with Gasteiger partial charge in [0.2, 0.25) is 0 Å². The van der Waals surface area contributed by atoms with E-state index < -0.39 is 0 Å². The molecule has 0 saturated carbocycles. The maximum absolute atomic E-state index is 6.11. The third-order valence-corrected chi connectivity index (χ3v) is 5.48. The van der Waals surface area contributed by atoms with Crippen molar-refractivity contribution in [2.45, 2.75) is 39.0 Å². The molecule has 1 aromatic heterocycles. The number of hydrogen-bond donors (Lipinski definition) is 2. The summed E-state index contributed by atoms with van der Waals surface area (Å²) in [4.78, 5) is 4.36. The normalized spacial score (nSPS) is 16.2. The molecule has 0 amide bonds. The molecule has 7 heteroatoms. The van der Waals surface area contributed by atoms with E-state index in [9.17, 15) is 0 Å². The average molecular weight is 434 g/mol. The summed E-state index contributed by atoms with van der Waals surface area (Å²) >= 11 is 0. The van der Waals surface area contributed by atoms with Crippen molar-refractivity contribution in [3.8, 4) is 11.4 Å². The summed E-state index contributed by atoms with van der Waals surface area (Å²) in [6.45, 7) is 4.78. The van der Waals surface area contributed by atoms with Crippen molar-refractivity contribution >= 4 is 5.96 Å². The molecule has 0 spiro atoms. The predicted molar refractivity (Wildman–Crippen MR) is 126 cm³/mol. The number of aromatic nitrogens is 2. The number of benzene rings is 2. The summed E-state index contributed by atoms with van der Waals surface area (Å²) in [5.74, 6) is 1.63. The van der Waals surface area contributed by atoms with Gasteiger partial charge in [0.15, 0.2) is 5.96 Å². The van der Waals surface area contributed by atoms with Gasteiger partial charge in [-0.1, -0.05) is 24.3 Å². The van der Waals surface area contributed by atoms with E-state index in [0.717, 1.165) is 48.0 Å². The van der Waals surface area contributed by atoms with Crippen LogP contribution >= 0.6 is 0 Å². The maximum atomic E-state index is 6.11. The molecule has 168 valence electrons. The Labute approximate surface area is 189 Å². The van der Waals surface area contributed by atoms with Crippen LogP contribution in [0, 0.1) is 6.92 Å². The summed E-state index contributed by atoms with van der Waals surface area (Å²) in [7, 11) is 1.78. The fourth-order valence-corrected chi connectivity index (χ4v) is 3.72. The zero-order chi connectivity index (χ0) is 22.2. The van der Waals surface area contributed by atoms with Crippen molar-refractivity contribution in [2.24, 2.45) is 4.99 Å². The molecular weight excluding hydrogens is 402 g/mol. The molecule has 1 atom stereocenters. The number of rotatable bonds is 8. The van der Waals surface area contributed by atoms with Crippen LogP contribution in [0.15, 0.2) is 65.9 Å². The molecule has 3 aromatic rings. The van der Waals surface area contributed by atoms with Gasteiger partial charge in [-0.05, 0) is 55.2 Å². The maximum Gasteiger partial charge on any atom is 0.191 e. The van der Waals surface area contributed by atoms with Crippen LogP contribution in [0.25, 0.3) is 5.69 Å². The first kappa shape index (κ1) is 21.9. The number of nitrogens with one attached hydrogen (secondary N) is 2. The first-order chi connectivity index (χ1) is 15.7. The summed E-state index contributed by atoms with van der Waals surface area (Å²) < 4.78 is 13.7. The van der Waals surface area contributed by atoms with Crippen molar-refractivity contribution < 1.29 is 9.47 Å². The quantitative estimate of drug-likeness (QED) is 0.419. The largest absolute Gasteiger partial charge is 0.491 e. The van der Waals surface area contributed by atoms with Gasteiger partial charge in [0, 0.05) is 44.7 Å². The van der Waals surface area contributed by atoms with Gasteiger partial charge in [0.05, 0.1) is 11.8 Å². The van der Waals surface area contributed by atoms with Crippen molar-refractivity contribution in [1.82, 2.24) is 20.4 Å². The van der Waals surface area contributed by atoms with E-state index in [0.29, 0.717) is 19.7 Å². The summed E-state index contributed by atoms with van der Waals surface area (Å²) in [6, 6.07) is 16.5. The van der Waals surface area contributed by atoms with Crippen LogP contribution in [0.5, 0.6) is 5.75 Å². The van der Waals surface area contributed by atoms with E-state index in [4.69, 9.17) is 9.47 Å². The summed E-state index contributed by atoms with van der Waals surface area (Å²) in [5, 5.41) is 11.1. The van der Waals surface area contributed by atoms with E-state index in [-0.39, 0.29) is 6.10 Å². The fraction of sp³-hybridized carbons (Fsp3) is 0.360. The molecule has 1 aliphatic heterocycles. The first-order valence-corrected chi connectivity index (χ1v) is 11.1. The number of aliphatic imine (C=N–C) groups is 1. The Kier molecular flexibility index (Phi) is 7.40. The Morgan fingerprint density at radius 2 is 2.09 bits per heavy atom. The van der Waals surface area contributed by atoms with Crippen LogP contribution in [0.4, 0.5) is 0 Å². The van der Waals surface area contributed by atoms with Gasteiger partial charge in [-0.2, -0.15) is 5.10 Å². The van der Waals surface area contributed by atoms with Gasteiger partial charge < -0.3 is 20.1 Å². The van der Waals surface area contributed by atoms with Gasteiger partial charge in [-0.3, -0.25) is 4.99 Å². The number of hydrogen-bond acceptors (Lipinski definition) is 4. The predicted octanol–water partition coefficient (Wildman–Crippen LogP) is 3.60. The minimum Gasteiger partial charge on any atom is -0.491 e. The lowest BCUT2D eigenvalue weighted by molar-refractivity contribution is 0.0676. The Morgan fingerprint density at radius 1 is 1.19 bits per heavy atom. The topological polar surface area (TPSA) is 72.7 Å². The monoisotopic (exact) mass is 433 g/mol. The summed E-state index contributed by atoms with van der Waals surface area (Å²) in [6.07, 6.45) is 6.09. The van der Waals surface area contributed by atoms with Gasteiger partial charge in [0.25, 0.3) is 0 Å². The zero-order valence-electron chi connectivity index (χ0n) is 18.8. The number of nitrogens with zero attached hydrogens (tertiary/aromatic N) is 3. The van der Waals surface area contributed by atoms with E-state index in [1.54, 1.807) is 13.2 Å². The van der Waals surface area contributed by atoms with Crippen molar-refractivity contribution in [3.63, 3.8) is 0 Å². The van der Waals surface area contributed by atoms with Crippen LogP contribution in [-0.2, 0) is 17.8 Å². The standard InChI is InChI=1S/C25H31N5O2/c1-19-9-10-21(24(14-19)32-18-23-8-4-13-31-23)17-28-25(26-2)27-16-20-6-3-7-22(15-20)30-12-5-11-29-30/h3,5-7,9-12,14-15,23H,4,8,13,16-18H2,1-2H3,(H2,26,27,28). The Bertz CT molecular complexity index is 1030. The Balaban J connectivity index is 1.33. The number of ether oxygens (including phenoxy) is 2. The highest BCUT2D eigenvalue weighted by Crippen LogP contribution is 2.22. The molecule has 1 fully saturated rings. The second-order valence-corrected chi connectivity index (χ2v) is 7.96. The molecule has 2 heterocycles. The summed E-state index contributed by atoms with van der Waals surface area (Å²) in [5.41, 5.74) is 4.45. The van der Waals surface area contributed by atoms with Crippen LogP contribution in [-0.4, -0.2) is 42.1 Å². The van der Waals surface area contributed by atoms with Gasteiger partial charge in [-0.25, -0.2) is 4.68 Å². The molecule has 2 N–H and O–H groups in total. The fourth-order valence-electron chi connectivity index (χ4n) is 3.72. The van der Waals surface area contributed by atoms with Gasteiger partial charge >= 0.3 is 0 Å². The highest BCUT2D eigenvalue weighted by molar-refractivity contribution is 5.79. The second kappa shape index (κ2) is 10.8. The number of aryl methyl sites for hydroxylation is 1. The lowest BCUT2D eigenvalue weighted by atomic mass is 10.1. The lowest BCUT2D eigenvalue weighted by Crippen LogP contribution is -2.36. The molecule has 1 aliphatic rings. The Morgan fingerprint density at radius 3 is 2.88 bits per heavy atom. The van der Waals surface area contributed by atoms with E-state index in [1.165, 1.54) is 5.56 Å². The van der Waals surface area contributed by atoms with Crippen molar-refractivity contribution in [2.75, 3.05) is 20.3 Å². The van der Waals surface area contributed by atoms with Crippen LogP contribution in [0.1, 0.15) is 29.5 Å². The van der Waals surface area contributed by atoms with Crippen LogP contribution in [0.2, 0.25) is 0 Å². The molecule has 7 nitrogen and oxygen atoms in total. The first-order valence-electron chi connectivity index (χ1n) is 11.1. The molecule has 0 bridgehead atoms. The highest BCUT2D eigenvalue weighted by Gasteiger charge is 2.17. The zero-order valence-corrected chi connectivity index (χ0v) is 18.8. The highest BCUT2D eigenvalue weighted by atomic mass is 16.5.